The van der Waals surface area contributed by atoms with Crippen LogP contribution in [0.25, 0.3) is 0 Å². The van der Waals surface area contributed by atoms with Gasteiger partial charge in [-0.25, -0.2) is 0 Å². The van der Waals surface area contributed by atoms with Crippen LogP contribution in [0, 0.1) is 11.3 Å². The van der Waals surface area contributed by atoms with E-state index in [-0.39, 0.29) is 5.91 Å². The lowest BCUT2D eigenvalue weighted by atomic mass is 10.1. The largest absolute Gasteiger partial charge is 0.316 e. The molecular formula is C16H15N3OS. The van der Waals surface area contributed by atoms with Crippen LogP contribution in [0.3, 0.4) is 0 Å². The van der Waals surface area contributed by atoms with Crippen molar-refractivity contribution in [2.45, 2.75) is 25.3 Å². The Morgan fingerprint density at radius 2 is 2.10 bits per heavy atom. The molecule has 1 aromatic carbocycles. The van der Waals surface area contributed by atoms with Gasteiger partial charge in [0, 0.05) is 4.88 Å². The topological polar surface area (TPSA) is 78.9 Å². The predicted octanol–water partition coefficient (Wildman–Crippen LogP) is 2.75. The minimum Gasteiger partial charge on any atom is -0.316 e. The Kier molecular flexibility index (Phi) is 3.74. The van der Waals surface area contributed by atoms with Crippen molar-refractivity contribution in [2.24, 2.45) is 5.73 Å². The minimum atomic E-state index is -0.727. The number of nitrogens with zero attached hydrogens (tertiary/aromatic N) is 1. The average molecular weight is 297 g/mol. The molecule has 1 aliphatic carbocycles. The lowest BCUT2D eigenvalue weighted by molar-refractivity contribution is -0.117. The van der Waals surface area contributed by atoms with Gasteiger partial charge < -0.3 is 11.1 Å². The number of nitriles is 1. The van der Waals surface area contributed by atoms with Crippen molar-refractivity contribution >= 4 is 22.2 Å². The summed E-state index contributed by atoms with van der Waals surface area (Å²) in [5, 5.41) is 12.8. The summed E-state index contributed by atoms with van der Waals surface area (Å²) in [6, 6.07) is 10.7. The standard InChI is InChI=1S/C16H15N3OS/c17-9-12-11-7-4-8-13(11)21-16(12)19-15(20)14(18)10-5-2-1-3-6-10/h1-3,5-6,14H,4,7-8,18H2,(H,19,20)/t14-/m1/s1. The molecule has 21 heavy (non-hydrogen) atoms. The first-order chi connectivity index (χ1) is 10.2. The van der Waals surface area contributed by atoms with E-state index in [2.05, 4.69) is 11.4 Å². The Bertz CT molecular complexity index is 715. The van der Waals surface area contributed by atoms with Gasteiger partial charge >= 0.3 is 0 Å². The Balaban J connectivity index is 1.81. The molecule has 5 heteroatoms. The smallest absolute Gasteiger partial charge is 0.246 e. The summed E-state index contributed by atoms with van der Waals surface area (Å²) < 4.78 is 0. The number of rotatable bonds is 3. The average Bonchev–Trinajstić information content (AvgIpc) is 3.07. The fourth-order valence-corrected chi connectivity index (χ4v) is 3.85. The van der Waals surface area contributed by atoms with Gasteiger partial charge in [0.05, 0.1) is 5.56 Å². The van der Waals surface area contributed by atoms with Crippen molar-refractivity contribution in [3.8, 4) is 6.07 Å². The molecule has 3 rings (SSSR count). The number of nitrogens with two attached hydrogens (primary N) is 1. The van der Waals surface area contributed by atoms with E-state index in [1.807, 2.05) is 30.3 Å². The van der Waals surface area contributed by atoms with Crippen molar-refractivity contribution in [1.82, 2.24) is 0 Å². The molecule has 0 aliphatic heterocycles. The van der Waals surface area contributed by atoms with E-state index in [0.29, 0.717) is 10.6 Å². The zero-order chi connectivity index (χ0) is 14.8. The van der Waals surface area contributed by atoms with Crippen molar-refractivity contribution in [3.05, 3.63) is 51.9 Å². The monoisotopic (exact) mass is 297 g/mol. The Morgan fingerprint density at radius 3 is 2.81 bits per heavy atom. The summed E-state index contributed by atoms with van der Waals surface area (Å²) in [4.78, 5) is 13.5. The third kappa shape index (κ3) is 2.56. The summed E-state index contributed by atoms with van der Waals surface area (Å²) in [7, 11) is 0. The van der Waals surface area contributed by atoms with Gasteiger partial charge in [-0.05, 0) is 30.4 Å². The van der Waals surface area contributed by atoms with Crippen molar-refractivity contribution in [3.63, 3.8) is 0 Å². The molecule has 1 heterocycles. The summed E-state index contributed by atoms with van der Waals surface area (Å²) in [6.07, 6.45) is 3.01. The zero-order valence-electron chi connectivity index (χ0n) is 11.4. The summed E-state index contributed by atoms with van der Waals surface area (Å²) in [6.45, 7) is 0. The van der Waals surface area contributed by atoms with Crippen LogP contribution in [0.4, 0.5) is 5.00 Å². The van der Waals surface area contributed by atoms with Crippen LogP contribution in [0.5, 0.6) is 0 Å². The number of thiophene rings is 1. The second-order valence-electron chi connectivity index (χ2n) is 5.05. The number of carbonyl (C=O) groups is 1. The Morgan fingerprint density at radius 1 is 1.33 bits per heavy atom. The molecule has 106 valence electrons. The molecule has 4 nitrogen and oxygen atoms in total. The first-order valence-corrected chi connectivity index (χ1v) is 7.68. The van der Waals surface area contributed by atoms with Crippen LogP contribution in [0.15, 0.2) is 30.3 Å². The predicted molar refractivity (Wildman–Crippen MR) is 83.1 cm³/mol. The Labute approximate surface area is 127 Å². The van der Waals surface area contributed by atoms with E-state index in [4.69, 9.17) is 5.73 Å². The third-order valence-corrected chi connectivity index (χ3v) is 4.92. The van der Waals surface area contributed by atoms with Gasteiger partial charge in [-0.2, -0.15) is 5.26 Å². The number of nitrogens with one attached hydrogen (secondary N) is 1. The second-order valence-corrected chi connectivity index (χ2v) is 6.16. The van der Waals surface area contributed by atoms with Crippen LogP contribution in [-0.2, 0) is 17.6 Å². The molecule has 0 radical (unpaired) electrons. The second kappa shape index (κ2) is 5.68. The molecule has 2 aromatic rings. The van der Waals surface area contributed by atoms with E-state index in [0.717, 1.165) is 30.4 Å². The van der Waals surface area contributed by atoms with Gasteiger partial charge in [0.15, 0.2) is 0 Å². The number of fused-ring (bicyclic) bond motifs is 1. The van der Waals surface area contributed by atoms with E-state index in [1.165, 1.54) is 16.2 Å². The van der Waals surface area contributed by atoms with E-state index in [9.17, 15) is 10.1 Å². The van der Waals surface area contributed by atoms with E-state index in [1.54, 1.807) is 0 Å². The molecule has 0 spiro atoms. The lowest BCUT2D eigenvalue weighted by Crippen LogP contribution is -2.27. The first kappa shape index (κ1) is 13.8. The minimum absolute atomic E-state index is 0.280. The maximum Gasteiger partial charge on any atom is 0.246 e. The summed E-state index contributed by atoms with van der Waals surface area (Å²) >= 11 is 1.50. The fraction of sp³-hybridized carbons (Fsp3) is 0.250. The van der Waals surface area contributed by atoms with Crippen LogP contribution >= 0.6 is 11.3 Å². The van der Waals surface area contributed by atoms with Crippen molar-refractivity contribution < 1.29 is 4.79 Å². The molecule has 0 fully saturated rings. The fourth-order valence-electron chi connectivity index (χ4n) is 2.61. The maximum absolute atomic E-state index is 12.3. The van der Waals surface area contributed by atoms with Gasteiger partial charge in [-0.3, -0.25) is 4.79 Å². The summed E-state index contributed by atoms with van der Waals surface area (Å²) in [5.74, 6) is -0.280. The molecular weight excluding hydrogens is 282 g/mol. The van der Waals surface area contributed by atoms with Gasteiger partial charge in [-0.15, -0.1) is 11.3 Å². The van der Waals surface area contributed by atoms with Crippen molar-refractivity contribution in [2.75, 3.05) is 5.32 Å². The van der Waals surface area contributed by atoms with Gasteiger partial charge in [-0.1, -0.05) is 30.3 Å². The Hall–Kier alpha value is -2.16. The molecule has 1 aromatic heterocycles. The van der Waals surface area contributed by atoms with Gasteiger partial charge in [0.2, 0.25) is 5.91 Å². The molecule has 0 saturated carbocycles. The number of amides is 1. The number of carbonyl (C=O) groups excluding carboxylic acids is 1. The third-order valence-electron chi connectivity index (χ3n) is 3.71. The van der Waals surface area contributed by atoms with Gasteiger partial charge in [0.1, 0.15) is 17.1 Å². The number of benzene rings is 1. The lowest BCUT2D eigenvalue weighted by Gasteiger charge is -2.11. The van der Waals surface area contributed by atoms with E-state index >= 15 is 0 Å². The zero-order valence-corrected chi connectivity index (χ0v) is 12.2. The highest BCUT2D eigenvalue weighted by atomic mass is 32.1. The van der Waals surface area contributed by atoms with Crippen LogP contribution in [0.2, 0.25) is 0 Å². The van der Waals surface area contributed by atoms with E-state index < -0.39 is 6.04 Å². The highest BCUT2D eigenvalue weighted by Gasteiger charge is 2.24. The van der Waals surface area contributed by atoms with Crippen molar-refractivity contribution in [1.29, 1.82) is 5.26 Å². The molecule has 1 atom stereocenters. The number of hydrogen-bond acceptors (Lipinski definition) is 4. The highest BCUT2D eigenvalue weighted by molar-refractivity contribution is 7.16. The molecule has 0 saturated heterocycles. The number of anilines is 1. The van der Waals surface area contributed by atoms with Crippen LogP contribution < -0.4 is 11.1 Å². The normalized spacial score (nSPS) is 14.3. The quantitative estimate of drug-likeness (QED) is 0.914. The molecule has 1 aliphatic rings. The first-order valence-electron chi connectivity index (χ1n) is 6.86. The van der Waals surface area contributed by atoms with Crippen LogP contribution in [0.1, 0.15) is 34.0 Å². The van der Waals surface area contributed by atoms with Gasteiger partial charge in [0.25, 0.3) is 0 Å². The molecule has 3 N–H and O–H groups in total. The number of aryl methyl sites for hydroxylation is 1. The maximum atomic E-state index is 12.3. The molecule has 0 bridgehead atoms. The van der Waals surface area contributed by atoms with Crippen LogP contribution in [-0.4, -0.2) is 5.91 Å². The highest BCUT2D eigenvalue weighted by Crippen LogP contribution is 2.38. The summed E-state index contributed by atoms with van der Waals surface area (Å²) in [5.41, 5.74) is 8.46. The molecule has 0 unspecified atom stereocenters. The SMILES string of the molecule is N#Cc1c(NC(=O)[C@H](N)c2ccccc2)sc2c1CCC2. The number of hydrogen-bond donors (Lipinski definition) is 2. The molecule has 1 amide bonds.